The zero-order valence-electron chi connectivity index (χ0n) is 9.32. The van der Waals surface area contributed by atoms with Crippen molar-refractivity contribution < 1.29 is 4.74 Å². The van der Waals surface area contributed by atoms with Gasteiger partial charge in [-0.15, -0.1) is 0 Å². The fraction of sp³-hybridized carbons (Fsp3) is 0.455. The summed E-state index contributed by atoms with van der Waals surface area (Å²) in [4.78, 5) is 0. The summed E-state index contributed by atoms with van der Waals surface area (Å²) in [5.74, 6) is 0. The first kappa shape index (κ1) is 14.8. The Hall–Kier alpha value is 0.700. The lowest BCUT2D eigenvalue weighted by molar-refractivity contribution is 0.101. The maximum Gasteiger partial charge on any atom is 0.0679 e. The van der Waals surface area contributed by atoms with Crippen molar-refractivity contribution in [2.45, 2.75) is 19.6 Å². The van der Waals surface area contributed by atoms with Crippen LogP contribution < -0.4 is 0 Å². The van der Waals surface area contributed by atoms with Gasteiger partial charge in [0.2, 0.25) is 0 Å². The predicted molar refractivity (Wildman–Crippen MR) is 82.6 cm³/mol. The maximum atomic E-state index is 5.27. The molecule has 0 spiro atoms. The van der Waals surface area contributed by atoms with E-state index < -0.39 is 0 Å². The van der Waals surface area contributed by atoms with E-state index in [1.54, 1.807) is 16.2 Å². The van der Waals surface area contributed by atoms with Gasteiger partial charge in [0.15, 0.2) is 0 Å². The average molecular weight is 416 g/mol. The van der Waals surface area contributed by atoms with E-state index in [4.69, 9.17) is 4.74 Å². The molecule has 0 heterocycles. The Morgan fingerprint density at radius 3 is 2.56 bits per heavy atom. The van der Waals surface area contributed by atoms with Crippen LogP contribution in [0.5, 0.6) is 0 Å². The summed E-state index contributed by atoms with van der Waals surface area (Å²) in [5.41, 5.74) is 1.32. The second-order valence-electron chi connectivity index (χ2n) is 3.56. The zero-order chi connectivity index (χ0) is 12.0. The van der Waals surface area contributed by atoms with Crippen LogP contribution in [-0.2, 0) is 11.3 Å². The summed E-state index contributed by atoms with van der Waals surface area (Å²) >= 11 is 5.75. The van der Waals surface area contributed by atoms with Crippen molar-refractivity contribution in [1.29, 1.82) is 0 Å². The molecule has 5 heteroatoms. The molecule has 0 saturated heterocycles. The molecule has 0 radical (unpaired) electrons. The minimum Gasteiger partial charge on any atom is -0.380 e. The Morgan fingerprint density at radius 2 is 2.06 bits per heavy atom. The van der Waals surface area contributed by atoms with Crippen molar-refractivity contribution in [2.75, 3.05) is 13.7 Å². The largest absolute Gasteiger partial charge is 0.380 e. The van der Waals surface area contributed by atoms with E-state index in [0.717, 1.165) is 17.6 Å². The van der Waals surface area contributed by atoms with E-state index in [1.165, 1.54) is 5.56 Å². The van der Waals surface area contributed by atoms with Crippen LogP contribution in [0.1, 0.15) is 12.5 Å². The van der Waals surface area contributed by atoms with Crippen LogP contribution in [0.2, 0.25) is 0 Å². The first-order valence-corrected chi connectivity index (χ1v) is 9.07. The Labute approximate surface area is 122 Å². The molecule has 2 nitrogen and oxygen atoms in total. The number of benzene rings is 1. The zero-order valence-corrected chi connectivity index (χ0v) is 13.9. The molecule has 0 aliphatic rings. The summed E-state index contributed by atoms with van der Waals surface area (Å²) in [5, 5.41) is 0. The highest BCUT2D eigenvalue weighted by Gasteiger charge is 2.09. The number of ether oxygens (including phenoxy) is 1. The molecule has 0 aromatic heterocycles. The Bertz CT molecular complexity index is 309. The second kappa shape index (κ2) is 7.92. The molecule has 1 atom stereocenters. The van der Waals surface area contributed by atoms with Gasteiger partial charge in [0.05, 0.1) is 6.10 Å². The maximum absolute atomic E-state index is 5.27. The number of halogens is 2. The molecule has 90 valence electrons. The van der Waals surface area contributed by atoms with E-state index in [9.17, 15) is 0 Å². The van der Waals surface area contributed by atoms with Gasteiger partial charge >= 0.3 is 0 Å². The van der Waals surface area contributed by atoms with Gasteiger partial charge < -0.3 is 4.74 Å². The molecule has 0 saturated carbocycles. The van der Waals surface area contributed by atoms with Crippen molar-refractivity contribution in [3.05, 3.63) is 34.3 Å². The molecule has 1 aromatic rings. The van der Waals surface area contributed by atoms with Crippen molar-refractivity contribution in [3.8, 4) is 0 Å². The SMILES string of the molecule is COC(C)CN(Cc1ccc(Br)cc1)SI. The van der Waals surface area contributed by atoms with Crippen molar-refractivity contribution in [2.24, 2.45) is 0 Å². The molecule has 16 heavy (non-hydrogen) atoms. The van der Waals surface area contributed by atoms with Crippen LogP contribution in [0.15, 0.2) is 28.7 Å². The lowest BCUT2D eigenvalue weighted by Crippen LogP contribution is -2.25. The smallest absolute Gasteiger partial charge is 0.0679 e. The highest BCUT2D eigenvalue weighted by molar-refractivity contribution is 14.2. The number of hydrogen-bond donors (Lipinski definition) is 0. The number of nitrogens with zero attached hydrogens (tertiary/aromatic N) is 1. The van der Waals surface area contributed by atoms with Gasteiger partial charge in [0.1, 0.15) is 0 Å². The van der Waals surface area contributed by atoms with Gasteiger partial charge in [-0.1, -0.05) is 28.1 Å². The fourth-order valence-electron chi connectivity index (χ4n) is 1.27. The summed E-state index contributed by atoms with van der Waals surface area (Å²) < 4.78 is 8.68. The van der Waals surface area contributed by atoms with Crippen LogP contribution in [0.4, 0.5) is 0 Å². The number of hydrogen-bond acceptors (Lipinski definition) is 3. The first-order chi connectivity index (χ1) is 7.65. The van der Waals surface area contributed by atoms with Crippen LogP contribution >= 0.6 is 46.3 Å². The fourth-order valence-corrected chi connectivity index (χ4v) is 2.90. The van der Waals surface area contributed by atoms with E-state index >= 15 is 0 Å². The van der Waals surface area contributed by atoms with E-state index in [-0.39, 0.29) is 6.10 Å². The minimum absolute atomic E-state index is 0.262. The molecule has 0 N–H and O–H groups in total. The minimum atomic E-state index is 0.262. The van der Waals surface area contributed by atoms with Gasteiger partial charge in [0.25, 0.3) is 0 Å². The molecule has 1 rings (SSSR count). The van der Waals surface area contributed by atoms with Gasteiger partial charge in [-0.3, -0.25) is 0 Å². The molecule has 0 bridgehead atoms. The third kappa shape index (κ3) is 5.35. The van der Waals surface area contributed by atoms with E-state index in [2.05, 4.69) is 72.6 Å². The molecular weight excluding hydrogens is 401 g/mol. The third-order valence-corrected chi connectivity index (χ3v) is 4.91. The molecule has 0 amide bonds. The monoisotopic (exact) mass is 415 g/mol. The van der Waals surface area contributed by atoms with Crippen LogP contribution in [0.3, 0.4) is 0 Å². The highest BCUT2D eigenvalue weighted by atomic mass is 127. The molecule has 0 aliphatic carbocycles. The number of rotatable bonds is 6. The van der Waals surface area contributed by atoms with Crippen molar-refractivity contribution in [1.82, 2.24) is 4.31 Å². The topological polar surface area (TPSA) is 12.5 Å². The predicted octanol–water partition coefficient (Wildman–Crippen LogP) is 4.28. The van der Waals surface area contributed by atoms with Crippen molar-refractivity contribution in [3.63, 3.8) is 0 Å². The Kier molecular flexibility index (Phi) is 7.30. The Morgan fingerprint density at radius 1 is 1.44 bits per heavy atom. The second-order valence-corrected chi connectivity index (χ2v) is 6.32. The summed E-state index contributed by atoms with van der Waals surface area (Å²) in [6.45, 7) is 3.95. The van der Waals surface area contributed by atoms with E-state index in [0.29, 0.717) is 0 Å². The summed E-state index contributed by atoms with van der Waals surface area (Å²) in [6.07, 6.45) is 0.262. The van der Waals surface area contributed by atoms with Gasteiger partial charge in [0, 0.05) is 45.9 Å². The van der Waals surface area contributed by atoms with Gasteiger partial charge in [-0.2, -0.15) is 0 Å². The quantitative estimate of drug-likeness (QED) is 0.508. The normalized spacial score (nSPS) is 13.1. The number of methoxy groups -OCH3 is 1. The van der Waals surface area contributed by atoms with Gasteiger partial charge in [-0.25, -0.2) is 4.31 Å². The van der Waals surface area contributed by atoms with Crippen LogP contribution in [0, 0.1) is 0 Å². The molecule has 0 fully saturated rings. The highest BCUT2D eigenvalue weighted by Crippen LogP contribution is 2.22. The third-order valence-electron chi connectivity index (χ3n) is 2.23. The lowest BCUT2D eigenvalue weighted by atomic mass is 10.2. The lowest BCUT2D eigenvalue weighted by Gasteiger charge is -2.21. The average Bonchev–Trinajstić information content (AvgIpc) is 2.30. The van der Waals surface area contributed by atoms with Gasteiger partial charge in [-0.05, 0) is 33.7 Å². The summed E-state index contributed by atoms with van der Waals surface area (Å²) in [6, 6.07) is 8.43. The van der Waals surface area contributed by atoms with Crippen LogP contribution in [-0.4, -0.2) is 24.1 Å². The molecule has 0 aliphatic heterocycles. The molecule has 1 unspecified atom stereocenters. The Balaban J connectivity index is 2.52. The van der Waals surface area contributed by atoms with Crippen molar-refractivity contribution >= 4 is 46.3 Å². The standard InChI is InChI=1S/C11H15BrINOS/c1-9(15-2)7-14(16-13)8-10-3-5-11(12)6-4-10/h3-6,9H,7-8H2,1-2H3. The van der Waals surface area contributed by atoms with Crippen LogP contribution in [0.25, 0.3) is 0 Å². The summed E-state index contributed by atoms with van der Waals surface area (Å²) in [7, 11) is 3.47. The first-order valence-electron chi connectivity index (χ1n) is 4.96. The molecular formula is C11H15BrINOS. The van der Waals surface area contributed by atoms with E-state index in [1.807, 2.05) is 0 Å². The molecule has 1 aromatic carbocycles.